The zero-order valence-corrected chi connectivity index (χ0v) is 11.2. The van der Waals surface area contributed by atoms with Crippen LogP contribution in [0, 0.1) is 15.9 Å². The van der Waals surface area contributed by atoms with E-state index in [1.54, 1.807) is 0 Å². The van der Waals surface area contributed by atoms with E-state index in [0.717, 1.165) is 12.1 Å². The second kappa shape index (κ2) is 5.76. The lowest BCUT2D eigenvalue weighted by molar-refractivity contribution is -0.385. The van der Waals surface area contributed by atoms with Crippen LogP contribution in [0.1, 0.15) is 10.4 Å². The number of nitro groups is 1. The van der Waals surface area contributed by atoms with E-state index < -0.39 is 22.3 Å². The molecule has 1 amide bonds. The summed E-state index contributed by atoms with van der Waals surface area (Å²) in [4.78, 5) is 22.3. The quantitative estimate of drug-likeness (QED) is 0.516. The Morgan fingerprint density at radius 3 is 2.62 bits per heavy atom. The number of anilines is 2. The summed E-state index contributed by atoms with van der Waals surface area (Å²) >= 11 is 5.67. The number of hydrogen-bond acceptors (Lipinski definition) is 4. The molecule has 2 rings (SSSR count). The summed E-state index contributed by atoms with van der Waals surface area (Å²) in [5.74, 6) is -1.34. The van der Waals surface area contributed by atoms with Crippen LogP contribution in [0.5, 0.6) is 0 Å². The zero-order valence-electron chi connectivity index (χ0n) is 10.5. The second-order valence-corrected chi connectivity index (χ2v) is 4.55. The predicted octanol–water partition coefficient (Wildman–Crippen LogP) is 3.22. The molecule has 0 spiro atoms. The van der Waals surface area contributed by atoms with Gasteiger partial charge in [0, 0.05) is 16.8 Å². The first-order chi connectivity index (χ1) is 9.88. The van der Waals surface area contributed by atoms with Crippen LogP contribution in [0.4, 0.5) is 21.5 Å². The van der Waals surface area contributed by atoms with Gasteiger partial charge in [-0.3, -0.25) is 14.9 Å². The smallest absolute Gasteiger partial charge is 0.283 e. The highest BCUT2D eigenvalue weighted by Gasteiger charge is 2.20. The van der Waals surface area contributed by atoms with Gasteiger partial charge >= 0.3 is 0 Å². The summed E-state index contributed by atoms with van der Waals surface area (Å²) in [6.45, 7) is 0. The molecule has 0 atom stereocenters. The molecule has 0 radical (unpaired) electrons. The standard InChI is InChI=1S/C13H9ClFN3O3/c14-7-1-3-9(12(5-7)18(20)21)13(19)17-8-2-4-10(15)11(16)6-8/h1-6H,16H2,(H,17,19). The van der Waals surface area contributed by atoms with Crippen molar-refractivity contribution in [1.29, 1.82) is 0 Å². The Morgan fingerprint density at radius 2 is 2.00 bits per heavy atom. The first-order valence-corrected chi connectivity index (χ1v) is 6.06. The molecule has 0 aliphatic carbocycles. The molecule has 108 valence electrons. The number of rotatable bonds is 3. The SMILES string of the molecule is Nc1cc(NC(=O)c2ccc(Cl)cc2[N+](=O)[O-])ccc1F. The van der Waals surface area contributed by atoms with Crippen LogP contribution >= 0.6 is 11.6 Å². The van der Waals surface area contributed by atoms with E-state index in [2.05, 4.69) is 5.32 Å². The third-order valence-electron chi connectivity index (χ3n) is 2.65. The van der Waals surface area contributed by atoms with Crippen LogP contribution in [0.25, 0.3) is 0 Å². The molecule has 21 heavy (non-hydrogen) atoms. The van der Waals surface area contributed by atoms with Gasteiger partial charge in [0.25, 0.3) is 11.6 Å². The topological polar surface area (TPSA) is 98.3 Å². The minimum Gasteiger partial charge on any atom is -0.396 e. The molecule has 0 saturated carbocycles. The van der Waals surface area contributed by atoms with Crippen molar-refractivity contribution in [2.45, 2.75) is 0 Å². The van der Waals surface area contributed by atoms with Gasteiger partial charge in [0.05, 0.1) is 10.6 Å². The van der Waals surface area contributed by atoms with Gasteiger partial charge in [-0.1, -0.05) is 11.6 Å². The van der Waals surface area contributed by atoms with Gasteiger partial charge in [-0.05, 0) is 30.3 Å². The van der Waals surface area contributed by atoms with E-state index in [4.69, 9.17) is 17.3 Å². The van der Waals surface area contributed by atoms with Crippen molar-refractivity contribution in [1.82, 2.24) is 0 Å². The first-order valence-electron chi connectivity index (χ1n) is 5.69. The highest BCUT2D eigenvalue weighted by molar-refractivity contribution is 6.31. The normalized spacial score (nSPS) is 10.2. The minimum absolute atomic E-state index is 0.140. The van der Waals surface area contributed by atoms with Crippen LogP contribution in [-0.2, 0) is 0 Å². The van der Waals surface area contributed by atoms with E-state index in [9.17, 15) is 19.3 Å². The van der Waals surface area contributed by atoms with Crippen LogP contribution in [-0.4, -0.2) is 10.8 Å². The van der Waals surface area contributed by atoms with Gasteiger partial charge in [0.15, 0.2) is 0 Å². The van der Waals surface area contributed by atoms with Crippen molar-refractivity contribution in [2.75, 3.05) is 11.1 Å². The molecule has 0 aliphatic heterocycles. The number of nitrogen functional groups attached to an aromatic ring is 1. The van der Waals surface area contributed by atoms with E-state index in [1.807, 2.05) is 0 Å². The lowest BCUT2D eigenvalue weighted by Crippen LogP contribution is -2.14. The summed E-state index contributed by atoms with van der Waals surface area (Å²) < 4.78 is 13.0. The van der Waals surface area contributed by atoms with Gasteiger partial charge in [-0.2, -0.15) is 0 Å². The molecule has 3 N–H and O–H groups in total. The fourth-order valence-corrected chi connectivity index (χ4v) is 1.83. The molecule has 0 unspecified atom stereocenters. The lowest BCUT2D eigenvalue weighted by atomic mass is 10.1. The van der Waals surface area contributed by atoms with Crippen LogP contribution in [0.2, 0.25) is 5.02 Å². The fraction of sp³-hybridized carbons (Fsp3) is 0. The van der Waals surface area contributed by atoms with Crippen LogP contribution in [0.15, 0.2) is 36.4 Å². The summed E-state index contributed by atoms with van der Waals surface area (Å²) in [5, 5.41) is 13.5. The Kier molecular flexibility index (Phi) is 4.04. The van der Waals surface area contributed by atoms with Crippen molar-refractivity contribution in [3.05, 3.63) is 62.9 Å². The van der Waals surface area contributed by atoms with Gasteiger partial charge in [-0.25, -0.2) is 4.39 Å². The second-order valence-electron chi connectivity index (χ2n) is 4.11. The number of amides is 1. The number of benzene rings is 2. The summed E-state index contributed by atoms with van der Waals surface area (Å²) in [6, 6.07) is 7.28. The maximum Gasteiger partial charge on any atom is 0.283 e. The first kappa shape index (κ1) is 14.7. The Morgan fingerprint density at radius 1 is 1.29 bits per heavy atom. The predicted molar refractivity (Wildman–Crippen MR) is 76.9 cm³/mol. The molecular formula is C13H9ClFN3O3. The third-order valence-corrected chi connectivity index (χ3v) is 2.89. The van der Waals surface area contributed by atoms with Crippen molar-refractivity contribution < 1.29 is 14.1 Å². The maximum absolute atomic E-state index is 13.0. The highest BCUT2D eigenvalue weighted by atomic mass is 35.5. The fourth-order valence-electron chi connectivity index (χ4n) is 1.67. The lowest BCUT2D eigenvalue weighted by Gasteiger charge is -2.07. The molecule has 8 heteroatoms. The van der Waals surface area contributed by atoms with Crippen molar-refractivity contribution in [3.63, 3.8) is 0 Å². The molecule has 0 aromatic heterocycles. The van der Waals surface area contributed by atoms with Crippen molar-refractivity contribution in [3.8, 4) is 0 Å². The van der Waals surface area contributed by atoms with Gasteiger partial charge in [0.1, 0.15) is 11.4 Å². The molecule has 0 aliphatic rings. The minimum atomic E-state index is -0.718. The van der Waals surface area contributed by atoms with E-state index in [1.165, 1.54) is 24.3 Å². The number of nitrogens with two attached hydrogens (primary N) is 1. The van der Waals surface area contributed by atoms with E-state index in [-0.39, 0.29) is 22.0 Å². The Labute approximate surface area is 123 Å². The number of hydrogen-bond donors (Lipinski definition) is 2. The average molecular weight is 310 g/mol. The molecule has 0 heterocycles. The highest BCUT2D eigenvalue weighted by Crippen LogP contribution is 2.24. The van der Waals surface area contributed by atoms with Crippen molar-refractivity contribution in [2.24, 2.45) is 0 Å². The third kappa shape index (κ3) is 3.26. The molecule has 0 bridgehead atoms. The van der Waals surface area contributed by atoms with Gasteiger partial charge < -0.3 is 11.1 Å². The maximum atomic E-state index is 13.0. The number of nitro benzene ring substituents is 1. The van der Waals surface area contributed by atoms with E-state index >= 15 is 0 Å². The number of nitrogens with zero attached hydrogens (tertiary/aromatic N) is 1. The number of carbonyl (C=O) groups excluding carboxylic acids is 1. The molecular weight excluding hydrogens is 301 g/mol. The number of carbonyl (C=O) groups is 1. The van der Waals surface area contributed by atoms with E-state index in [0.29, 0.717) is 0 Å². The van der Waals surface area contributed by atoms with Crippen molar-refractivity contribution >= 4 is 34.6 Å². The molecule has 2 aromatic rings. The number of halogens is 2. The average Bonchev–Trinajstić information content (AvgIpc) is 2.42. The zero-order chi connectivity index (χ0) is 15.6. The van der Waals surface area contributed by atoms with Crippen LogP contribution < -0.4 is 11.1 Å². The summed E-state index contributed by atoms with van der Waals surface area (Å²) in [6.07, 6.45) is 0. The monoisotopic (exact) mass is 309 g/mol. The molecule has 0 fully saturated rings. The Hall–Kier alpha value is -2.67. The Bertz CT molecular complexity index is 737. The molecule has 6 nitrogen and oxygen atoms in total. The Balaban J connectivity index is 2.32. The summed E-state index contributed by atoms with van der Waals surface area (Å²) in [7, 11) is 0. The molecule has 2 aromatic carbocycles. The largest absolute Gasteiger partial charge is 0.396 e. The van der Waals surface area contributed by atoms with Crippen LogP contribution in [0.3, 0.4) is 0 Å². The number of nitrogens with one attached hydrogen (secondary N) is 1. The van der Waals surface area contributed by atoms with Gasteiger partial charge in [0.2, 0.25) is 0 Å². The molecule has 0 saturated heterocycles. The van der Waals surface area contributed by atoms with Gasteiger partial charge in [-0.15, -0.1) is 0 Å². The summed E-state index contributed by atoms with van der Waals surface area (Å²) in [5.41, 5.74) is 4.88.